The molecular weight excluding hydrogens is 364 g/mol. The Morgan fingerprint density at radius 3 is 2.14 bits per heavy atom. The number of benzene rings is 2. The third kappa shape index (κ3) is 5.89. The molecule has 2 aromatic carbocycles. The quantitative estimate of drug-likeness (QED) is 0.797. The molecule has 0 radical (unpaired) electrons. The van der Waals surface area contributed by atoms with Gasteiger partial charge in [0.05, 0.1) is 7.11 Å². The number of nitrogens with one attached hydrogen (secondary N) is 1. The Morgan fingerprint density at radius 1 is 1.00 bits per heavy atom. The summed E-state index contributed by atoms with van der Waals surface area (Å²) in [4.78, 5) is 14.6. The van der Waals surface area contributed by atoms with Crippen LogP contribution in [0.15, 0.2) is 48.5 Å². The molecule has 0 aromatic heterocycles. The van der Waals surface area contributed by atoms with Crippen LogP contribution in [0.25, 0.3) is 0 Å². The zero-order valence-electron chi connectivity index (χ0n) is 17.9. The summed E-state index contributed by atoms with van der Waals surface area (Å²) >= 11 is 0. The molecule has 1 fully saturated rings. The smallest absolute Gasteiger partial charge is 0.258 e. The van der Waals surface area contributed by atoms with Gasteiger partial charge < -0.3 is 19.7 Å². The van der Waals surface area contributed by atoms with Crippen molar-refractivity contribution in [2.75, 3.05) is 31.7 Å². The van der Waals surface area contributed by atoms with Gasteiger partial charge in [0.2, 0.25) is 0 Å². The van der Waals surface area contributed by atoms with Gasteiger partial charge in [-0.25, -0.2) is 0 Å². The molecule has 1 N–H and O–H groups in total. The van der Waals surface area contributed by atoms with Crippen LogP contribution in [-0.2, 0) is 10.2 Å². The van der Waals surface area contributed by atoms with Crippen molar-refractivity contribution in [1.82, 2.24) is 5.32 Å². The number of carbonyl (C=O) groups is 1. The van der Waals surface area contributed by atoms with Gasteiger partial charge in [-0.2, -0.15) is 0 Å². The van der Waals surface area contributed by atoms with Gasteiger partial charge >= 0.3 is 0 Å². The second-order valence-electron chi connectivity index (χ2n) is 8.59. The molecule has 0 aliphatic carbocycles. The van der Waals surface area contributed by atoms with Crippen molar-refractivity contribution >= 4 is 11.6 Å². The van der Waals surface area contributed by atoms with E-state index in [1.54, 1.807) is 7.11 Å². The Labute approximate surface area is 174 Å². The molecule has 29 heavy (non-hydrogen) atoms. The van der Waals surface area contributed by atoms with Crippen LogP contribution in [0, 0.1) is 0 Å². The van der Waals surface area contributed by atoms with Crippen molar-refractivity contribution in [1.29, 1.82) is 0 Å². The van der Waals surface area contributed by atoms with Gasteiger partial charge in [-0.3, -0.25) is 4.79 Å². The van der Waals surface area contributed by atoms with E-state index in [-0.39, 0.29) is 24.0 Å². The highest BCUT2D eigenvalue weighted by Gasteiger charge is 2.21. The number of amides is 1. The molecule has 1 amide bonds. The summed E-state index contributed by atoms with van der Waals surface area (Å²) in [7, 11) is 1.67. The molecule has 5 heteroatoms. The van der Waals surface area contributed by atoms with E-state index < -0.39 is 0 Å². The fourth-order valence-corrected chi connectivity index (χ4v) is 3.54. The predicted octanol–water partition coefficient (Wildman–Crippen LogP) is 4.16. The summed E-state index contributed by atoms with van der Waals surface area (Å²) < 4.78 is 10.9. The Balaban J connectivity index is 1.41. The van der Waals surface area contributed by atoms with E-state index in [9.17, 15) is 4.79 Å². The van der Waals surface area contributed by atoms with E-state index >= 15 is 0 Å². The third-order valence-corrected chi connectivity index (χ3v) is 5.39. The van der Waals surface area contributed by atoms with E-state index in [0.29, 0.717) is 0 Å². The van der Waals surface area contributed by atoms with Gasteiger partial charge in [0.1, 0.15) is 11.5 Å². The lowest BCUT2D eigenvalue weighted by Gasteiger charge is -2.34. The zero-order chi connectivity index (χ0) is 20.9. The van der Waals surface area contributed by atoms with Crippen molar-refractivity contribution in [3.63, 3.8) is 0 Å². The fraction of sp³-hybridized carbons (Fsp3) is 0.458. The molecule has 1 aliphatic heterocycles. The number of carbonyl (C=O) groups excluding carboxylic acids is 1. The predicted molar refractivity (Wildman–Crippen MR) is 117 cm³/mol. The van der Waals surface area contributed by atoms with Gasteiger partial charge in [-0.05, 0) is 60.2 Å². The Hall–Kier alpha value is -2.69. The van der Waals surface area contributed by atoms with Crippen molar-refractivity contribution in [3.8, 4) is 11.5 Å². The summed E-state index contributed by atoms with van der Waals surface area (Å²) in [5.41, 5.74) is 2.55. The first kappa shape index (κ1) is 21.0. The number of ether oxygens (including phenoxy) is 2. The van der Waals surface area contributed by atoms with Crippen LogP contribution < -0.4 is 19.7 Å². The summed E-state index contributed by atoms with van der Waals surface area (Å²) in [6.45, 7) is 8.43. The molecule has 156 valence electrons. The van der Waals surface area contributed by atoms with Gasteiger partial charge in [0, 0.05) is 24.8 Å². The number of hydrogen-bond acceptors (Lipinski definition) is 4. The van der Waals surface area contributed by atoms with Crippen LogP contribution in [0.5, 0.6) is 11.5 Å². The largest absolute Gasteiger partial charge is 0.497 e. The lowest BCUT2D eigenvalue weighted by atomic mass is 9.87. The van der Waals surface area contributed by atoms with Crippen LogP contribution in [0.3, 0.4) is 0 Å². The molecule has 0 unspecified atom stereocenters. The lowest BCUT2D eigenvalue weighted by molar-refractivity contribution is -0.123. The number of rotatable bonds is 6. The molecular formula is C24H32N2O3. The average Bonchev–Trinajstić information content (AvgIpc) is 2.72. The van der Waals surface area contributed by atoms with Crippen LogP contribution in [0.1, 0.15) is 39.2 Å². The average molecular weight is 397 g/mol. The van der Waals surface area contributed by atoms with Crippen molar-refractivity contribution in [3.05, 3.63) is 54.1 Å². The summed E-state index contributed by atoms with van der Waals surface area (Å²) in [5, 5.41) is 3.10. The highest BCUT2D eigenvalue weighted by molar-refractivity contribution is 5.77. The van der Waals surface area contributed by atoms with E-state index in [0.717, 1.165) is 37.4 Å². The van der Waals surface area contributed by atoms with Gasteiger partial charge in [0.25, 0.3) is 5.91 Å². The highest BCUT2D eigenvalue weighted by Crippen LogP contribution is 2.25. The molecule has 0 bridgehead atoms. The summed E-state index contributed by atoms with van der Waals surface area (Å²) in [5.74, 6) is 1.53. The van der Waals surface area contributed by atoms with E-state index in [1.165, 1.54) is 11.3 Å². The first-order valence-corrected chi connectivity index (χ1v) is 10.3. The van der Waals surface area contributed by atoms with Crippen LogP contribution >= 0.6 is 0 Å². The van der Waals surface area contributed by atoms with Crippen molar-refractivity contribution in [2.45, 2.75) is 45.1 Å². The normalized spacial score (nSPS) is 15.1. The fourth-order valence-electron chi connectivity index (χ4n) is 3.54. The molecule has 0 atom stereocenters. The van der Waals surface area contributed by atoms with Crippen LogP contribution in [-0.4, -0.2) is 38.8 Å². The molecule has 5 nitrogen and oxygen atoms in total. The molecule has 1 aliphatic rings. The molecule has 1 saturated heterocycles. The Bertz CT molecular complexity index is 786. The molecule has 3 rings (SSSR count). The Morgan fingerprint density at radius 2 is 1.59 bits per heavy atom. The minimum atomic E-state index is -0.0622. The van der Waals surface area contributed by atoms with E-state index in [2.05, 4.69) is 55.3 Å². The summed E-state index contributed by atoms with van der Waals surface area (Å²) in [6, 6.07) is 16.3. The standard InChI is InChI=1S/C24H32N2O3/c1-24(2,3)18-5-9-22(10-6-18)29-17-23(27)25-19-13-15-26(16-14-19)20-7-11-21(28-4)12-8-20/h5-12,19H,13-17H2,1-4H3,(H,25,27). The van der Waals surface area contributed by atoms with Crippen molar-refractivity contribution in [2.24, 2.45) is 0 Å². The second kappa shape index (κ2) is 9.21. The van der Waals surface area contributed by atoms with E-state index in [1.807, 2.05) is 24.3 Å². The van der Waals surface area contributed by atoms with Crippen molar-refractivity contribution < 1.29 is 14.3 Å². The lowest BCUT2D eigenvalue weighted by Crippen LogP contribution is -2.46. The highest BCUT2D eigenvalue weighted by atomic mass is 16.5. The minimum absolute atomic E-state index is 0.0492. The monoisotopic (exact) mass is 396 g/mol. The van der Waals surface area contributed by atoms with Crippen LogP contribution in [0.4, 0.5) is 5.69 Å². The minimum Gasteiger partial charge on any atom is -0.497 e. The number of anilines is 1. The van der Waals surface area contributed by atoms with E-state index in [4.69, 9.17) is 9.47 Å². The van der Waals surface area contributed by atoms with Gasteiger partial charge in [0.15, 0.2) is 6.61 Å². The maximum absolute atomic E-state index is 12.3. The number of methoxy groups -OCH3 is 1. The topological polar surface area (TPSA) is 50.8 Å². The maximum Gasteiger partial charge on any atom is 0.258 e. The number of piperidine rings is 1. The molecule has 2 aromatic rings. The molecule has 0 saturated carbocycles. The van der Waals surface area contributed by atoms with Gasteiger partial charge in [-0.15, -0.1) is 0 Å². The van der Waals surface area contributed by atoms with Crippen LogP contribution in [0.2, 0.25) is 0 Å². The van der Waals surface area contributed by atoms with Gasteiger partial charge in [-0.1, -0.05) is 32.9 Å². The SMILES string of the molecule is COc1ccc(N2CCC(NC(=O)COc3ccc(C(C)(C)C)cc3)CC2)cc1. The first-order valence-electron chi connectivity index (χ1n) is 10.3. The second-order valence-corrected chi connectivity index (χ2v) is 8.59. The number of hydrogen-bond donors (Lipinski definition) is 1. The zero-order valence-corrected chi connectivity index (χ0v) is 17.9. The Kier molecular flexibility index (Phi) is 6.68. The molecule has 1 heterocycles. The first-order chi connectivity index (χ1) is 13.8. The number of nitrogens with zero attached hydrogens (tertiary/aromatic N) is 1. The summed E-state index contributed by atoms with van der Waals surface area (Å²) in [6.07, 6.45) is 1.86. The maximum atomic E-state index is 12.3. The molecule has 0 spiro atoms. The third-order valence-electron chi connectivity index (χ3n) is 5.39.